The summed E-state index contributed by atoms with van der Waals surface area (Å²) in [5, 5.41) is 0.199. The third-order valence-corrected chi connectivity index (χ3v) is 7.39. The summed E-state index contributed by atoms with van der Waals surface area (Å²) in [5.41, 5.74) is 0. The topological polar surface area (TPSA) is 35.5 Å². The molecule has 0 saturated carbocycles. The van der Waals surface area contributed by atoms with Gasteiger partial charge in [0, 0.05) is 6.08 Å². The van der Waals surface area contributed by atoms with E-state index in [4.69, 9.17) is 9.16 Å². The number of hydrogen-bond donors (Lipinski definition) is 0. The van der Waals surface area contributed by atoms with Crippen LogP contribution in [-0.4, -0.2) is 27.5 Å². The van der Waals surface area contributed by atoms with Crippen molar-refractivity contribution in [2.75, 3.05) is 13.2 Å². The molecule has 0 aliphatic rings. The average molecular weight is 244 g/mol. The highest BCUT2D eigenvalue weighted by molar-refractivity contribution is 6.74. The van der Waals surface area contributed by atoms with Gasteiger partial charge in [0.25, 0.3) is 0 Å². The summed E-state index contributed by atoms with van der Waals surface area (Å²) < 4.78 is 10.6. The molecule has 0 saturated heterocycles. The maximum Gasteiger partial charge on any atom is 0.330 e. The molecule has 0 rings (SSSR count). The zero-order valence-electron chi connectivity index (χ0n) is 11.3. The minimum Gasteiger partial charge on any atom is -0.463 e. The van der Waals surface area contributed by atoms with Gasteiger partial charge in [-0.3, -0.25) is 0 Å². The summed E-state index contributed by atoms with van der Waals surface area (Å²) in [5.74, 6) is -0.304. The normalized spacial score (nSPS) is 13.1. The van der Waals surface area contributed by atoms with Crippen LogP contribution in [0.1, 0.15) is 27.7 Å². The van der Waals surface area contributed by atoms with Gasteiger partial charge >= 0.3 is 5.97 Å². The summed E-state index contributed by atoms with van der Waals surface area (Å²) in [4.78, 5) is 11.0. The molecule has 0 atom stereocenters. The van der Waals surface area contributed by atoms with Gasteiger partial charge in [0.1, 0.15) is 0 Å². The molecule has 4 heteroatoms. The number of esters is 1. The minimum atomic E-state index is -1.70. The lowest BCUT2D eigenvalue weighted by atomic mass is 10.2. The molecule has 0 unspecified atom stereocenters. The molecule has 0 amide bonds. The SMILES string of the molecule is CCOC(=O)C=CCO[Si](C)(C)C(C)(C)C. The van der Waals surface area contributed by atoms with Crippen molar-refractivity contribution in [1.82, 2.24) is 0 Å². The van der Waals surface area contributed by atoms with Crippen LogP contribution in [0, 0.1) is 0 Å². The smallest absolute Gasteiger partial charge is 0.330 e. The fraction of sp³-hybridized carbons (Fsp3) is 0.750. The fourth-order valence-electron chi connectivity index (χ4n) is 0.808. The molecule has 0 aromatic heterocycles. The second-order valence-corrected chi connectivity index (χ2v) is 10.0. The van der Waals surface area contributed by atoms with Crippen molar-refractivity contribution in [2.45, 2.75) is 45.8 Å². The molecular weight excluding hydrogens is 220 g/mol. The molecular formula is C12H24O3Si. The quantitative estimate of drug-likeness (QED) is 0.423. The van der Waals surface area contributed by atoms with Crippen LogP contribution >= 0.6 is 0 Å². The zero-order chi connectivity index (χ0) is 12.8. The summed E-state index contributed by atoms with van der Waals surface area (Å²) in [6, 6.07) is 0. The predicted molar refractivity (Wildman–Crippen MR) is 68.9 cm³/mol. The van der Waals surface area contributed by atoms with Gasteiger partial charge in [-0.25, -0.2) is 4.79 Å². The van der Waals surface area contributed by atoms with Gasteiger partial charge in [-0.2, -0.15) is 0 Å². The summed E-state index contributed by atoms with van der Waals surface area (Å²) >= 11 is 0. The van der Waals surface area contributed by atoms with Gasteiger partial charge in [0.2, 0.25) is 0 Å². The molecule has 0 aromatic carbocycles. The molecule has 0 spiro atoms. The van der Waals surface area contributed by atoms with E-state index in [-0.39, 0.29) is 11.0 Å². The molecule has 3 nitrogen and oxygen atoms in total. The zero-order valence-corrected chi connectivity index (χ0v) is 12.3. The van der Waals surface area contributed by atoms with Crippen molar-refractivity contribution in [3.63, 3.8) is 0 Å². The van der Waals surface area contributed by atoms with Crippen LogP contribution in [0.4, 0.5) is 0 Å². The van der Waals surface area contributed by atoms with E-state index in [1.807, 2.05) is 0 Å². The Morgan fingerprint density at radius 3 is 2.31 bits per heavy atom. The Morgan fingerprint density at radius 1 is 1.31 bits per heavy atom. The monoisotopic (exact) mass is 244 g/mol. The van der Waals surface area contributed by atoms with Gasteiger partial charge < -0.3 is 9.16 Å². The molecule has 0 aliphatic heterocycles. The molecule has 0 aromatic rings. The van der Waals surface area contributed by atoms with E-state index in [2.05, 4.69) is 33.9 Å². The van der Waals surface area contributed by atoms with Crippen molar-refractivity contribution in [1.29, 1.82) is 0 Å². The second kappa shape index (κ2) is 6.20. The van der Waals surface area contributed by atoms with E-state index >= 15 is 0 Å². The van der Waals surface area contributed by atoms with Crippen molar-refractivity contribution >= 4 is 14.3 Å². The van der Waals surface area contributed by atoms with Crippen LogP contribution in [0.15, 0.2) is 12.2 Å². The van der Waals surface area contributed by atoms with Gasteiger partial charge in [0.15, 0.2) is 8.32 Å². The van der Waals surface area contributed by atoms with Gasteiger partial charge in [0.05, 0.1) is 13.2 Å². The third-order valence-electron chi connectivity index (χ3n) is 2.89. The maximum absolute atomic E-state index is 11.0. The standard InChI is InChI=1S/C12H24O3Si/c1-7-14-11(13)9-8-10-15-16(5,6)12(2,3)4/h8-9H,7,10H2,1-6H3. The molecule has 0 radical (unpaired) electrons. The Labute approximate surface area is 100.0 Å². The molecule has 0 N–H and O–H groups in total. The largest absolute Gasteiger partial charge is 0.463 e. The number of carbonyl (C=O) groups excluding carboxylic acids is 1. The lowest BCUT2D eigenvalue weighted by molar-refractivity contribution is -0.137. The van der Waals surface area contributed by atoms with Crippen molar-refractivity contribution in [3.05, 3.63) is 12.2 Å². The Kier molecular flexibility index (Phi) is 5.97. The van der Waals surface area contributed by atoms with E-state index in [0.717, 1.165) is 0 Å². The Hall–Kier alpha value is -0.613. The Morgan fingerprint density at radius 2 is 1.88 bits per heavy atom. The number of hydrogen-bond acceptors (Lipinski definition) is 3. The highest BCUT2D eigenvalue weighted by Gasteiger charge is 2.36. The van der Waals surface area contributed by atoms with Gasteiger partial charge in [-0.15, -0.1) is 0 Å². The van der Waals surface area contributed by atoms with Crippen molar-refractivity contribution < 1.29 is 14.0 Å². The first-order valence-corrected chi connectivity index (χ1v) is 8.59. The van der Waals surface area contributed by atoms with Gasteiger partial charge in [-0.05, 0) is 25.1 Å². The minimum absolute atomic E-state index is 0.199. The van der Waals surface area contributed by atoms with Crippen LogP contribution in [0.3, 0.4) is 0 Å². The molecule has 0 aliphatic carbocycles. The lowest BCUT2D eigenvalue weighted by Gasteiger charge is -2.35. The number of rotatable bonds is 5. The van der Waals surface area contributed by atoms with Gasteiger partial charge in [-0.1, -0.05) is 26.8 Å². The van der Waals surface area contributed by atoms with E-state index in [0.29, 0.717) is 13.2 Å². The molecule has 0 bridgehead atoms. The fourth-order valence-corrected chi connectivity index (χ4v) is 1.75. The van der Waals surface area contributed by atoms with Crippen LogP contribution in [0.2, 0.25) is 18.1 Å². The number of carbonyl (C=O) groups is 1. The van der Waals surface area contributed by atoms with Crippen LogP contribution in [0.25, 0.3) is 0 Å². The number of ether oxygens (including phenoxy) is 1. The van der Waals surface area contributed by atoms with Crippen LogP contribution < -0.4 is 0 Å². The molecule has 16 heavy (non-hydrogen) atoms. The first kappa shape index (κ1) is 15.4. The Bertz CT molecular complexity index is 251. The van der Waals surface area contributed by atoms with Crippen LogP contribution in [-0.2, 0) is 14.0 Å². The van der Waals surface area contributed by atoms with E-state index in [9.17, 15) is 4.79 Å². The predicted octanol–water partition coefficient (Wildman–Crippen LogP) is 3.13. The molecule has 94 valence electrons. The molecule has 0 heterocycles. The maximum atomic E-state index is 11.0. The third kappa shape index (κ3) is 5.46. The Balaban J connectivity index is 4.03. The summed E-state index contributed by atoms with van der Waals surface area (Å²) in [6.07, 6.45) is 3.15. The first-order chi connectivity index (χ1) is 7.20. The van der Waals surface area contributed by atoms with E-state index in [1.165, 1.54) is 6.08 Å². The average Bonchev–Trinajstić information content (AvgIpc) is 2.11. The van der Waals surface area contributed by atoms with Crippen LogP contribution in [0.5, 0.6) is 0 Å². The lowest BCUT2D eigenvalue weighted by Crippen LogP contribution is -2.40. The molecule has 0 fully saturated rings. The van der Waals surface area contributed by atoms with Crippen molar-refractivity contribution in [3.8, 4) is 0 Å². The first-order valence-electron chi connectivity index (χ1n) is 5.68. The van der Waals surface area contributed by atoms with E-state index < -0.39 is 8.32 Å². The second-order valence-electron chi connectivity index (χ2n) is 5.23. The summed E-state index contributed by atoms with van der Waals surface area (Å²) in [6.45, 7) is 13.6. The highest BCUT2D eigenvalue weighted by atomic mass is 28.4. The van der Waals surface area contributed by atoms with Crippen molar-refractivity contribution in [2.24, 2.45) is 0 Å². The highest BCUT2D eigenvalue weighted by Crippen LogP contribution is 2.36. The van der Waals surface area contributed by atoms with E-state index in [1.54, 1.807) is 13.0 Å². The summed E-state index contributed by atoms with van der Waals surface area (Å²) in [7, 11) is -1.70.